The summed E-state index contributed by atoms with van der Waals surface area (Å²) in [4.78, 5) is 98.3. The molecule has 22 heteroatoms. The zero-order valence-electron chi connectivity index (χ0n) is 28.6. The Kier molecular flexibility index (Phi) is 24.5. The van der Waals surface area contributed by atoms with Crippen LogP contribution in [0.3, 0.4) is 0 Å². The summed E-state index contributed by atoms with van der Waals surface area (Å²) in [5.41, 5.74) is 16.8. The van der Waals surface area contributed by atoms with Crippen molar-refractivity contribution in [1.82, 2.24) is 31.6 Å². The zero-order valence-corrected chi connectivity index (χ0v) is 33.4. The van der Waals surface area contributed by atoms with Gasteiger partial charge in [-0.05, 0) is 50.7 Å². The van der Waals surface area contributed by atoms with Gasteiger partial charge in [-0.1, -0.05) is 12.1 Å². The van der Waals surface area contributed by atoms with Crippen LogP contribution in [0.25, 0.3) is 10.2 Å². The van der Waals surface area contributed by atoms with Gasteiger partial charge in [-0.2, -0.15) is 54.0 Å². The molecule has 0 radical (unpaired) electrons. The Morgan fingerprint density at radius 1 is 1.00 bits per heavy atom. The van der Waals surface area contributed by atoms with Crippen LogP contribution >= 0.6 is 65.3 Å². The molecule has 3 rings (SSSR count). The predicted molar refractivity (Wildman–Crippen MR) is 219 cm³/mol. The van der Waals surface area contributed by atoms with Crippen LogP contribution in [-0.4, -0.2) is 89.4 Å². The third-order valence-electron chi connectivity index (χ3n) is 7.35. The van der Waals surface area contributed by atoms with E-state index in [4.69, 9.17) is 17.2 Å². The van der Waals surface area contributed by atoms with E-state index in [9.17, 15) is 33.6 Å². The number of carbonyl (C=O) groups is 7. The van der Waals surface area contributed by atoms with Gasteiger partial charge in [0.1, 0.15) is 18.1 Å². The molecule has 4 atom stereocenters. The largest absolute Gasteiger partial charge is 0.370 e. The molecule has 292 valence electrons. The fourth-order valence-electron chi connectivity index (χ4n) is 4.95. The van der Waals surface area contributed by atoms with Crippen LogP contribution < -0.4 is 43.8 Å². The maximum absolute atomic E-state index is 13.8. The van der Waals surface area contributed by atoms with Gasteiger partial charge in [0.15, 0.2) is 11.0 Å². The lowest BCUT2D eigenvalue weighted by molar-refractivity contribution is -0.135. The zero-order chi connectivity index (χ0) is 35.2. The molecule has 0 spiro atoms. The number of hydrogen-bond donors (Lipinski definition) is 8. The average Bonchev–Trinajstić information content (AvgIpc) is 3.46. The van der Waals surface area contributed by atoms with Crippen LogP contribution in [-0.2, 0) is 28.8 Å². The summed E-state index contributed by atoms with van der Waals surface area (Å²) in [6, 6.07) is 2.36. The standard InChI is InChI=1S/C30H42N10O7S.4H2S/c1-16(41)36-21-15-24(43)34-13-5-4-8-19(38-27(46)20(39-28(21)47)11-12-23(31)42)26(45)37-18(9-6-14-35-30(32)33)25(44)29-40-17-7-2-3-10-22(17)48-29;;;;/h2-3,7,10,18-21H,4-6,8-9,11-15H2,1H3,(H2,31,42)(H,34,43)(H,36,41)(H,37,45)(H,38,46)(H,39,47)(H4,32,33,35);4*1H2/t18-,19-,20-,21-;;;;/m0..../s1. The van der Waals surface area contributed by atoms with Crippen LogP contribution in [0.5, 0.6) is 0 Å². The minimum absolute atomic E-state index is 0. The number of benzene rings is 1. The lowest BCUT2D eigenvalue weighted by Gasteiger charge is -2.26. The Bertz CT molecular complexity index is 1520. The number of hydrogen-bond acceptors (Lipinski definition) is 10. The monoisotopic (exact) mass is 822 g/mol. The Hall–Kier alpha value is -3.73. The van der Waals surface area contributed by atoms with Crippen LogP contribution in [0.1, 0.15) is 68.1 Å². The number of nitrogens with two attached hydrogens (primary N) is 3. The summed E-state index contributed by atoms with van der Waals surface area (Å²) in [6.45, 7) is 1.58. The van der Waals surface area contributed by atoms with Crippen molar-refractivity contribution in [3.63, 3.8) is 0 Å². The van der Waals surface area contributed by atoms with Crippen molar-refractivity contribution in [2.45, 2.75) is 82.5 Å². The van der Waals surface area contributed by atoms with Crippen molar-refractivity contribution in [2.24, 2.45) is 22.2 Å². The molecule has 11 N–H and O–H groups in total. The molecule has 52 heavy (non-hydrogen) atoms. The maximum atomic E-state index is 13.8. The van der Waals surface area contributed by atoms with E-state index in [0.717, 1.165) is 4.70 Å². The topological polar surface area (TPSA) is 283 Å². The van der Waals surface area contributed by atoms with Crippen LogP contribution in [0.4, 0.5) is 0 Å². The molecule has 2 heterocycles. The first-order valence-corrected chi connectivity index (χ1v) is 16.3. The van der Waals surface area contributed by atoms with Crippen molar-refractivity contribution in [3.05, 3.63) is 29.3 Å². The minimum atomic E-state index is -1.35. The highest BCUT2D eigenvalue weighted by atomic mass is 32.1. The van der Waals surface area contributed by atoms with Gasteiger partial charge < -0.3 is 43.8 Å². The molecule has 0 unspecified atom stereocenters. The number of Topliss-reactive ketones (excluding diaryl/α,β-unsaturated/α-hetero) is 1. The number of amides is 6. The van der Waals surface area contributed by atoms with Gasteiger partial charge >= 0.3 is 0 Å². The van der Waals surface area contributed by atoms with Crippen LogP contribution in [0.2, 0.25) is 0 Å². The number of rotatable bonds is 12. The number of primary amides is 1. The first-order valence-electron chi connectivity index (χ1n) is 15.5. The first-order chi connectivity index (χ1) is 22.8. The van der Waals surface area contributed by atoms with Crippen molar-refractivity contribution in [3.8, 4) is 0 Å². The molecule has 1 aromatic heterocycles. The van der Waals surface area contributed by atoms with Crippen molar-refractivity contribution >= 4 is 123 Å². The van der Waals surface area contributed by atoms with Crippen molar-refractivity contribution in [2.75, 3.05) is 13.1 Å². The number of thiazole rings is 1. The number of aromatic nitrogens is 1. The number of ketones is 1. The molecule has 0 saturated carbocycles. The van der Waals surface area contributed by atoms with E-state index >= 15 is 0 Å². The summed E-state index contributed by atoms with van der Waals surface area (Å²) < 4.78 is 0.793. The van der Waals surface area contributed by atoms with Gasteiger partial charge in [-0.15, -0.1) is 11.3 Å². The van der Waals surface area contributed by atoms with E-state index in [-0.39, 0.29) is 110 Å². The molecule has 1 fully saturated rings. The molecule has 17 nitrogen and oxygen atoms in total. The molecule has 1 aliphatic heterocycles. The van der Waals surface area contributed by atoms with Crippen molar-refractivity contribution < 1.29 is 33.6 Å². The SMILES string of the molecule is CC(=O)N[C@H]1CC(=O)NCCCC[C@@H](C(=O)N[C@@H](CCCN=C(N)N)C(=O)c2nc3ccccc3s2)NC(=O)[C@H](CCC(N)=O)NC1=O.S.S.S.S. The van der Waals surface area contributed by atoms with Gasteiger partial charge in [0.2, 0.25) is 41.2 Å². The summed E-state index contributed by atoms with van der Waals surface area (Å²) in [6.07, 6.45) is 0.535. The Balaban J connectivity index is 0. The molecule has 1 aliphatic rings. The molecule has 1 saturated heterocycles. The third-order valence-corrected chi connectivity index (χ3v) is 8.40. The number of aliphatic imine (C=N–C) groups is 1. The average molecular weight is 823 g/mol. The summed E-state index contributed by atoms with van der Waals surface area (Å²) in [5.74, 6) is -4.68. The molecule has 2 aromatic rings. The molecule has 6 amide bonds. The van der Waals surface area contributed by atoms with Gasteiger partial charge in [-0.25, -0.2) is 4.98 Å². The van der Waals surface area contributed by atoms with Gasteiger partial charge in [0.25, 0.3) is 0 Å². The lowest BCUT2D eigenvalue weighted by atomic mass is 10.0. The normalized spacial score (nSPS) is 18.3. The molecule has 1 aromatic carbocycles. The van der Waals surface area contributed by atoms with Crippen molar-refractivity contribution in [1.29, 1.82) is 0 Å². The van der Waals surface area contributed by atoms with E-state index in [0.29, 0.717) is 24.8 Å². The highest BCUT2D eigenvalue weighted by Gasteiger charge is 2.33. The third kappa shape index (κ3) is 16.7. The van der Waals surface area contributed by atoms with Gasteiger partial charge in [-0.3, -0.25) is 38.6 Å². The molecule has 0 aliphatic carbocycles. The Morgan fingerprint density at radius 3 is 2.33 bits per heavy atom. The Labute approximate surface area is 333 Å². The van der Waals surface area contributed by atoms with E-state index < -0.39 is 65.4 Å². The molecular weight excluding hydrogens is 773 g/mol. The number of fused-ring (bicyclic) bond motifs is 1. The van der Waals surface area contributed by atoms with Gasteiger partial charge in [0.05, 0.1) is 22.7 Å². The second-order valence-corrected chi connectivity index (χ2v) is 12.3. The lowest BCUT2D eigenvalue weighted by Crippen LogP contribution is -2.58. The fourth-order valence-corrected chi connectivity index (χ4v) is 5.91. The van der Waals surface area contributed by atoms with E-state index in [1.54, 1.807) is 12.1 Å². The number of nitrogens with zero attached hydrogens (tertiary/aromatic N) is 2. The van der Waals surface area contributed by atoms with Crippen LogP contribution in [0, 0.1) is 0 Å². The number of guanidine groups is 1. The predicted octanol–water partition coefficient (Wildman–Crippen LogP) is -1.10. The fraction of sp³-hybridized carbons (Fsp3) is 0.500. The van der Waals surface area contributed by atoms with E-state index in [1.165, 1.54) is 18.3 Å². The second-order valence-electron chi connectivity index (χ2n) is 11.3. The second kappa shape index (κ2) is 25.3. The summed E-state index contributed by atoms with van der Waals surface area (Å²) in [5, 5.41) is 13.1. The number of nitrogens with one attached hydrogen (secondary N) is 5. The highest BCUT2D eigenvalue weighted by molar-refractivity contribution is 7.59. The minimum Gasteiger partial charge on any atom is -0.370 e. The van der Waals surface area contributed by atoms with E-state index in [2.05, 4.69) is 36.6 Å². The van der Waals surface area contributed by atoms with E-state index in [1.807, 2.05) is 12.1 Å². The first kappa shape index (κ1) is 50.4. The molecular formula is C30H50N10O7S5. The van der Waals surface area contributed by atoms with Gasteiger partial charge in [0, 0.05) is 26.4 Å². The highest BCUT2D eigenvalue weighted by Crippen LogP contribution is 2.23. The summed E-state index contributed by atoms with van der Waals surface area (Å²) in [7, 11) is 0. The number of carbonyl (C=O) groups excluding carboxylic acids is 7. The quantitative estimate of drug-likeness (QED) is 0.0554. The summed E-state index contributed by atoms with van der Waals surface area (Å²) >= 11 is 1.18. The maximum Gasteiger partial charge on any atom is 0.243 e. The van der Waals surface area contributed by atoms with Crippen LogP contribution in [0.15, 0.2) is 29.3 Å². The number of para-hydroxylation sites is 1. The molecule has 0 bridgehead atoms. The smallest absolute Gasteiger partial charge is 0.243 e. The Morgan fingerprint density at radius 2 is 1.69 bits per heavy atom.